The van der Waals surface area contributed by atoms with Crippen LogP contribution in [0.4, 0.5) is 0 Å². The van der Waals surface area contributed by atoms with Crippen molar-refractivity contribution in [1.29, 1.82) is 0 Å². The number of rotatable bonds is 3. The summed E-state index contributed by atoms with van der Waals surface area (Å²) >= 11 is 0. The number of nitrogens with one attached hydrogen (secondary N) is 1. The first kappa shape index (κ1) is 20.9. The molecule has 0 aliphatic heterocycles. The van der Waals surface area contributed by atoms with E-state index in [9.17, 15) is 9.59 Å². The third-order valence-electron chi connectivity index (χ3n) is 6.55. The highest BCUT2D eigenvalue weighted by atomic mass is 16.2. The molecule has 1 heterocycles. The van der Waals surface area contributed by atoms with Gasteiger partial charge in [0.15, 0.2) is 0 Å². The Bertz CT molecular complexity index is 1840. The van der Waals surface area contributed by atoms with Gasteiger partial charge in [-0.25, -0.2) is 9.36 Å². The molecule has 0 atom stereocenters. The number of benzene rings is 5. The number of hydrogen-bond acceptors (Lipinski definition) is 2. The van der Waals surface area contributed by atoms with Crippen LogP contribution in [0.3, 0.4) is 0 Å². The minimum absolute atomic E-state index is 0.334. The van der Waals surface area contributed by atoms with Crippen molar-refractivity contribution in [2.75, 3.05) is 0 Å². The third kappa shape index (κ3) is 3.47. The lowest BCUT2D eigenvalue weighted by atomic mass is 9.90. The van der Waals surface area contributed by atoms with E-state index in [-0.39, 0.29) is 5.56 Å². The minimum Gasteiger partial charge on any atom is -0.306 e. The fraction of sp³-hybridized carbons (Fsp3) is 0.0323. The molecule has 0 aliphatic carbocycles. The van der Waals surface area contributed by atoms with Gasteiger partial charge in [-0.2, -0.15) is 0 Å². The van der Waals surface area contributed by atoms with Crippen molar-refractivity contribution in [3.05, 3.63) is 136 Å². The summed E-state index contributed by atoms with van der Waals surface area (Å²) in [6.45, 7) is 2.08. The number of hydrogen-bond donors (Lipinski definition) is 1. The van der Waals surface area contributed by atoms with Crippen molar-refractivity contribution < 1.29 is 0 Å². The summed E-state index contributed by atoms with van der Waals surface area (Å²) < 4.78 is 1.23. The highest BCUT2D eigenvalue weighted by Gasteiger charge is 2.15. The highest BCUT2D eigenvalue weighted by Crippen LogP contribution is 2.35. The van der Waals surface area contributed by atoms with E-state index in [1.165, 1.54) is 4.57 Å². The van der Waals surface area contributed by atoms with Gasteiger partial charge in [0.1, 0.15) is 0 Å². The Labute approximate surface area is 201 Å². The molecule has 5 aromatic carbocycles. The lowest BCUT2D eigenvalue weighted by Crippen LogP contribution is -2.33. The zero-order chi connectivity index (χ0) is 23.9. The molecule has 0 amide bonds. The summed E-state index contributed by atoms with van der Waals surface area (Å²) in [4.78, 5) is 29.7. The summed E-state index contributed by atoms with van der Waals surface area (Å²) in [5, 5.41) is 2.29. The van der Waals surface area contributed by atoms with E-state index in [0.717, 1.165) is 38.6 Å². The second-order valence-electron chi connectivity index (χ2n) is 8.69. The van der Waals surface area contributed by atoms with Gasteiger partial charge in [0.05, 0.1) is 16.6 Å². The first-order valence-corrected chi connectivity index (χ1v) is 11.5. The number of nitrogens with zero attached hydrogens (tertiary/aromatic N) is 1. The summed E-state index contributed by atoms with van der Waals surface area (Å²) in [6, 6.07) is 35.5. The van der Waals surface area contributed by atoms with Gasteiger partial charge in [-0.15, -0.1) is 0 Å². The smallest absolute Gasteiger partial charge is 0.306 e. The summed E-state index contributed by atoms with van der Waals surface area (Å²) in [7, 11) is 0. The zero-order valence-corrected chi connectivity index (χ0v) is 19.2. The Morgan fingerprint density at radius 3 is 2.26 bits per heavy atom. The van der Waals surface area contributed by atoms with Gasteiger partial charge >= 0.3 is 5.69 Å². The fourth-order valence-electron chi connectivity index (χ4n) is 4.90. The predicted octanol–water partition coefficient (Wildman–Crippen LogP) is 6.47. The average Bonchev–Trinajstić information content (AvgIpc) is 2.89. The molecule has 4 nitrogen and oxygen atoms in total. The minimum atomic E-state index is -0.455. The van der Waals surface area contributed by atoms with Crippen LogP contribution in [-0.4, -0.2) is 9.55 Å². The first-order valence-electron chi connectivity index (χ1n) is 11.5. The van der Waals surface area contributed by atoms with Gasteiger partial charge in [-0.3, -0.25) is 4.79 Å². The van der Waals surface area contributed by atoms with Crippen molar-refractivity contribution in [2.45, 2.75) is 6.92 Å². The molecule has 168 valence electrons. The molecule has 0 saturated carbocycles. The van der Waals surface area contributed by atoms with E-state index in [0.29, 0.717) is 16.6 Å². The quantitative estimate of drug-likeness (QED) is 0.333. The van der Waals surface area contributed by atoms with Gasteiger partial charge in [0.25, 0.3) is 5.56 Å². The predicted molar refractivity (Wildman–Crippen MR) is 143 cm³/mol. The van der Waals surface area contributed by atoms with Crippen LogP contribution >= 0.6 is 0 Å². The van der Waals surface area contributed by atoms with Crippen LogP contribution < -0.4 is 11.2 Å². The van der Waals surface area contributed by atoms with Crippen LogP contribution in [0.2, 0.25) is 0 Å². The zero-order valence-electron chi connectivity index (χ0n) is 19.2. The van der Waals surface area contributed by atoms with E-state index >= 15 is 0 Å². The SMILES string of the molecule is Cc1cccc(-c2ccccc2)c1-c1ccc2c(=O)n(-c3cccc4ccccc34)c(=O)[nH]c2c1. The van der Waals surface area contributed by atoms with Gasteiger partial charge in [-0.1, -0.05) is 91.0 Å². The average molecular weight is 455 g/mol. The van der Waals surface area contributed by atoms with Crippen molar-refractivity contribution >= 4 is 21.7 Å². The standard InChI is InChI=1S/C31H22N2O2/c1-20-9-7-15-25(22-10-3-2-4-11-22)29(20)23-17-18-26-27(19-23)32-31(35)33(30(26)34)28-16-8-13-21-12-5-6-14-24(21)28/h2-19H,1H3,(H,32,35). The van der Waals surface area contributed by atoms with E-state index in [1.54, 1.807) is 6.07 Å². The maximum absolute atomic E-state index is 13.5. The first-order chi connectivity index (χ1) is 17.1. The van der Waals surface area contributed by atoms with Crippen LogP contribution in [0.5, 0.6) is 0 Å². The van der Waals surface area contributed by atoms with Crippen molar-refractivity contribution in [3.8, 4) is 27.9 Å². The van der Waals surface area contributed by atoms with E-state index in [4.69, 9.17) is 0 Å². The summed E-state index contributed by atoms with van der Waals surface area (Å²) in [6.07, 6.45) is 0. The Morgan fingerprint density at radius 2 is 1.40 bits per heavy atom. The third-order valence-corrected chi connectivity index (χ3v) is 6.55. The number of fused-ring (bicyclic) bond motifs is 2. The molecule has 4 heteroatoms. The second kappa shape index (κ2) is 8.26. The number of aromatic amines is 1. The lowest BCUT2D eigenvalue weighted by molar-refractivity contribution is 0.908. The molecule has 35 heavy (non-hydrogen) atoms. The maximum Gasteiger partial charge on any atom is 0.333 e. The molecule has 0 aliphatic rings. The molecule has 6 aromatic rings. The molecule has 0 fully saturated rings. The largest absolute Gasteiger partial charge is 0.333 e. The van der Waals surface area contributed by atoms with Gasteiger partial charge in [-0.05, 0) is 58.3 Å². The lowest BCUT2D eigenvalue weighted by Gasteiger charge is -2.15. The van der Waals surface area contributed by atoms with Crippen LogP contribution in [0.1, 0.15) is 5.56 Å². The van der Waals surface area contributed by atoms with Crippen LogP contribution in [0.15, 0.2) is 119 Å². The molecule has 0 bridgehead atoms. The van der Waals surface area contributed by atoms with E-state index in [2.05, 4.69) is 36.2 Å². The number of aromatic nitrogens is 2. The number of aryl methyl sites for hydroxylation is 1. The molecule has 0 saturated heterocycles. The molecule has 6 rings (SSSR count). The summed E-state index contributed by atoms with van der Waals surface area (Å²) in [5.41, 5.74) is 5.69. The molecular weight excluding hydrogens is 432 g/mol. The van der Waals surface area contributed by atoms with Crippen molar-refractivity contribution in [2.24, 2.45) is 0 Å². The topological polar surface area (TPSA) is 54.9 Å². The molecule has 0 spiro atoms. The normalized spacial score (nSPS) is 11.2. The Morgan fingerprint density at radius 1 is 0.657 bits per heavy atom. The van der Waals surface area contributed by atoms with Crippen LogP contribution in [0, 0.1) is 6.92 Å². The second-order valence-corrected chi connectivity index (χ2v) is 8.69. The van der Waals surface area contributed by atoms with Crippen LogP contribution in [0.25, 0.3) is 49.6 Å². The Hall–Kier alpha value is -4.70. The van der Waals surface area contributed by atoms with Gasteiger partial charge in [0, 0.05) is 5.39 Å². The van der Waals surface area contributed by atoms with Crippen molar-refractivity contribution in [1.82, 2.24) is 9.55 Å². The summed E-state index contributed by atoms with van der Waals surface area (Å²) in [5.74, 6) is 0. The molecular formula is C31H22N2O2. The van der Waals surface area contributed by atoms with Crippen LogP contribution in [-0.2, 0) is 0 Å². The maximum atomic E-state index is 13.5. The monoisotopic (exact) mass is 454 g/mol. The number of H-pyrrole nitrogens is 1. The highest BCUT2D eigenvalue weighted by molar-refractivity contribution is 5.92. The van der Waals surface area contributed by atoms with Crippen molar-refractivity contribution in [3.63, 3.8) is 0 Å². The molecule has 0 unspecified atom stereocenters. The molecule has 1 aromatic heterocycles. The van der Waals surface area contributed by atoms with E-state index < -0.39 is 5.69 Å². The fourth-order valence-corrected chi connectivity index (χ4v) is 4.90. The Balaban J connectivity index is 1.57. The molecule has 0 radical (unpaired) electrons. The molecule has 1 N–H and O–H groups in total. The van der Waals surface area contributed by atoms with E-state index in [1.807, 2.05) is 78.9 Å². The van der Waals surface area contributed by atoms with Gasteiger partial charge in [0.2, 0.25) is 0 Å². The van der Waals surface area contributed by atoms with Gasteiger partial charge < -0.3 is 4.98 Å². The Kier molecular flexibility index (Phi) is 4.93.